The summed E-state index contributed by atoms with van der Waals surface area (Å²) in [7, 11) is 2.04. The van der Waals surface area contributed by atoms with Crippen molar-refractivity contribution in [2.75, 3.05) is 33.3 Å². The number of likely N-dealkylation sites (N-methyl/N-ethyl adjacent to an activating group) is 1. The lowest BCUT2D eigenvalue weighted by Gasteiger charge is -2.22. The summed E-state index contributed by atoms with van der Waals surface area (Å²) in [5.41, 5.74) is 4.86. The molecule has 1 fully saturated rings. The van der Waals surface area contributed by atoms with Crippen LogP contribution in [0.5, 0.6) is 5.75 Å². The molecule has 0 bridgehead atoms. The number of hydrogen-bond acceptors (Lipinski definition) is 4. The molecule has 34 heavy (non-hydrogen) atoms. The quantitative estimate of drug-likeness (QED) is 0.434. The number of aromatic nitrogens is 1. The van der Waals surface area contributed by atoms with Crippen LogP contribution >= 0.6 is 0 Å². The lowest BCUT2D eigenvalue weighted by molar-refractivity contribution is -0.127. The predicted molar refractivity (Wildman–Crippen MR) is 136 cm³/mol. The van der Waals surface area contributed by atoms with E-state index in [4.69, 9.17) is 4.74 Å². The van der Waals surface area contributed by atoms with Crippen LogP contribution in [0.15, 0.2) is 48.5 Å². The minimum absolute atomic E-state index is 0.269. The molecule has 1 aromatic heterocycles. The fourth-order valence-corrected chi connectivity index (χ4v) is 4.92. The van der Waals surface area contributed by atoms with Gasteiger partial charge in [0.25, 0.3) is 0 Å². The number of likely N-dealkylation sites (tertiary alicyclic amines) is 1. The Morgan fingerprint density at radius 3 is 2.62 bits per heavy atom. The molecule has 1 amide bonds. The number of ether oxygens (including phenoxy) is 1. The fraction of sp³-hybridized carbons (Fsp3) is 0.464. The number of benzene rings is 2. The molecule has 0 aliphatic carbocycles. The molecule has 0 saturated carbocycles. The van der Waals surface area contributed by atoms with Crippen molar-refractivity contribution in [1.82, 2.24) is 14.4 Å². The molecule has 182 valence electrons. The molecule has 6 nitrogen and oxygen atoms in total. The van der Waals surface area contributed by atoms with Gasteiger partial charge in [-0.1, -0.05) is 30.3 Å². The SMILES string of the molecule is Cc1c(C)n(C[C@H](O)CN(C)Cc2ccc(OCCCN3CCCC3=O)cc2)c2ccccc12. The maximum Gasteiger partial charge on any atom is 0.222 e. The van der Waals surface area contributed by atoms with E-state index < -0.39 is 6.10 Å². The maximum absolute atomic E-state index is 11.7. The molecule has 2 heterocycles. The molecule has 4 rings (SSSR count). The molecule has 6 heteroatoms. The number of amides is 1. The van der Waals surface area contributed by atoms with Crippen molar-refractivity contribution in [2.24, 2.45) is 0 Å². The third-order valence-corrected chi connectivity index (χ3v) is 6.85. The lowest BCUT2D eigenvalue weighted by Crippen LogP contribution is -2.32. The van der Waals surface area contributed by atoms with Crippen LogP contribution in [0.2, 0.25) is 0 Å². The topological polar surface area (TPSA) is 57.9 Å². The Kier molecular flexibility index (Phi) is 7.91. The van der Waals surface area contributed by atoms with Gasteiger partial charge in [0.2, 0.25) is 5.91 Å². The number of rotatable bonds is 11. The van der Waals surface area contributed by atoms with Gasteiger partial charge in [0, 0.05) is 49.2 Å². The second-order valence-electron chi connectivity index (χ2n) is 9.52. The standard InChI is InChI=1S/C28H37N3O3/c1-21-22(2)31(27-9-5-4-8-26(21)27)20-24(32)19-29(3)18-23-11-13-25(14-12-23)34-17-7-16-30-15-6-10-28(30)33/h4-5,8-9,11-14,24,32H,6-7,10,15-20H2,1-3H3/t24-/m1/s1. The number of carbonyl (C=O) groups excluding carboxylic acids is 1. The number of aryl methyl sites for hydroxylation is 1. The van der Waals surface area contributed by atoms with Crippen LogP contribution in [0.25, 0.3) is 10.9 Å². The van der Waals surface area contributed by atoms with Crippen LogP contribution < -0.4 is 4.74 Å². The maximum atomic E-state index is 11.7. The highest BCUT2D eigenvalue weighted by Gasteiger charge is 2.19. The molecule has 1 atom stereocenters. The summed E-state index contributed by atoms with van der Waals surface area (Å²) < 4.78 is 8.08. The Hall–Kier alpha value is -2.83. The van der Waals surface area contributed by atoms with E-state index in [1.807, 2.05) is 24.1 Å². The molecular weight excluding hydrogens is 426 g/mol. The highest BCUT2D eigenvalue weighted by Crippen LogP contribution is 2.25. The number of carbonyl (C=O) groups is 1. The zero-order valence-electron chi connectivity index (χ0n) is 20.7. The Labute approximate surface area is 202 Å². The normalized spacial score (nSPS) is 15.0. The van der Waals surface area contributed by atoms with E-state index in [0.29, 0.717) is 26.1 Å². The van der Waals surface area contributed by atoms with Crippen LogP contribution in [0, 0.1) is 13.8 Å². The summed E-state index contributed by atoms with van der Waals surface area (Å²) in [5, 5.41) is 12.1. The van der Waals surface area contributed by atoms with Crippen LogP contribution in [0.3, 0.4) is 0 Å². The minimum atomic E-state index is -0.455. The van der Waals surface area contributed by atoms with Gasteiger partial charge in [0.1, 0.15) is 5.75 Å². The molecule has 1 aliphatic heterocycles. The van der Waals surface area contributed by atoms with Crippen molar-refractivity contribution in [3.8, 4) is 5.75 Å². The van der Waals surface area contributed by atoms with Gasteiger partial charge in [-0.15, -0.1) is 0 Å². The highest BCUT2D eigenvalue weighted by atomic mass is 16.5. The molecular formula is C28H37N3O3. The lowest BCUT2D eigenvalue weighted by atomic mass is 10.2. The van der Waals surface area contributed by atoms with Gasteiger partial charge < -0.3 is 19.3 Å². The van der Waals surface area contributed by atoms with Gasteiger partial charge in [-0.2, -0.15) is 0 Å². The molecule has 1 N–H and O–H groups in total. The molecule has 1 saturated heterocycles. The predicted octanol–water partition coefficient (Wildman–Crippen LogP) is 4.14. The highest BCUT2D eigenvalue weighted by molar-refractivity contribution is 5.85. The second-order valence-corrected chi connectivity index (χ2v) is 9.52. The van der Waals surface area contributed by atoms with Crippen molar-refractivity contribution < 1.29 is 14.6 Å². The number of aliphatic hydroxyl groups is 1. The van der Waals surface area contributed by atoms with Gasteiger partial charge in [0.15, 0.2) is 0 Å². The first-order chi connectivity index (χ1) is 16.4. The van der Waals surface area contributed by atoms with Crippen molar-refractivity contribution in [2.45, 2.75) is 52.3 Å². The van der Waals surface area contributed by atoms with Gasteiger partial charge >= 0.3 is 0 Å². The first-order valence-corrected chi connectivity index (χ1v) is 12.3. The van der Waals surface area contributed by atoms with E-state index >= 15 is 0 Å². The third-order valence-electron chi connectivity index (χ3n) is 6.85. The zero-order chi connectivity index (χ0) is 24.1. The molecule has 2 aromatic carbocycles. The molecule has 1 aliphatic rings. The van der Waals surface area contributed by atoms with Crippen LogP contribution in [-0.4, -0.2) is 64.8 Å². The van der Waals surface area contributed by atoms with Crippen molar-refractivity contribution in [3.63, 3.8) is 0 Å². The largest absolute Gasteiger partial charge is 0.494 e. The number of nitrogens with zero attached hydrogens (tertiary/aromatic N) is 3. The minimum Gasteiger partial charge on any atom is -0.494 e. The van der Waals surface area contributed by atoms with E-state index in [2.05, 4.69) is 59.7 Å². The summed E-state index contributed by atoms with van der Waals surface area (Å²) in [6.07, 6.45) is 2.07. The Morgan fingerprint density at radius 2 is 1.88 bits per heavy atom. The monoisotopic (exact) mass is 463 g/mol. The van der Waals surface area contributed by atoms with Crippen molar-refractivity contribution >= 4 is 16.8 Å². The molecule has 0 spiro atoms. The van der Waals surface area contributed by atoms with Gasteiger partial charge in [-0.3, -0.25) is 9.69 Å². The Balaban J connectivity index is 1.22. The van der Waals surface area contributed by atoms with E-state index in [9.17, 15) is 9.90 Å². The summed E-state index contributed by atoms with van der Waals surface area (Å²) in [4.78, 5) is 15.7. The van der Waals surface area contributed by atoms with Crippen LogP contribution in [0.4, 0.5) is 0 Å². The van der Waals surface area contributed by atoms with E-state index in [1.54, 1.807) is 0 Å². The van der Waals surface area contributed by atoms with E-state index in [1.165, 1.54) is 27.7 Å². The summed E-state index contributed by atoms with van der Waals surface area (Å²) in [6.45, 7) is 8.49. The summed E-state index contributed by atoms with van der Waals surface area (Å²) in [6, 6.07) is 16.5. The second kappa shape index (κ2) is 11.1. The molecule has 0 unspecified atom stereocenters. The van der Waals surface area contributed by atoms with Crippen LogP contribution in [0.1, 0.15) is 36.1 Å². The molecule has 3 aromatic rings. The average Bonchev–Trinajstić information content (AvgIpc) is 3.34. The van der Waals surface area contributed by atoms with Gasteiger partial charge in [0.05, 0.1) is 19.3 Å². The van der Waals surface area contributed by atoms with E-state index in [0.717, 1.165) is 38.2 Å². The summed E-state index contributed by atoms with van der Waals surface area (Å²) >= 11 is 0. The van der Waals surface area contributed by atoms with Crippen LogP contribution in [-0.2, 0) is 17.9 Å². The first kappa shape index (κ1) is 24.3. The number of aliphatic hydroxyl groups excluding tert-OH is 1. The van der Waals surface area contributed by atoms with Crippen molar-refractivity contribution in [1.29, 1.82) is 0 Å². The molecule has 0 radical (unpaired) electrons. The van der Waals surface area contributed by atoms with E-state index in [-0.39, 0.29) is 5.91 Å². The third kappa shape index (κ3) is 5.80. The Morgan fingerprint density at radius 1 is 1.12 bits per heavy atom. The van der Waals surface area contributed by atoms with Crippen molar-refractivity contribution in [3.05, 3.63) is 65.4 Å². The fourth-order valence-electron chi connectivity index (χ4n) is 4.92. The number of fused-ring (bicyclic) bond motifs is 1. The first-order valence-electron chi connectivity index (χ1n) is 12.3. The summed E-state index contributed by atoms with van der Waals surface area (Å²) in [5.74, 6) is 1.12. The van der Waals surface area contributed by atoms with Gasteiger partial charge in [-0.05, 0) is 63.1 Å². The smallest absolute Gasteiger partial charge is 0.222 e. The zero-order valence-corrected chi connectivity index (χ0v) is 20.7. The number of hydrogen-bond donors (Lipinski definition) is 1. The number of para-hydroxylation sites is 1. The Bertz CT molecular complexity index is 1110. The van der Waals surface area contributed by atoms with Gasteiger partial charge in [-0.25, -0.2) is 0 Å². The average molecular weight is 464 g/mol.